The maximum absolute atomic E-state index is 12.7. The van der Waals surface area contributed by atoms with Crippen LogP contribution in [0.15, 0.2) is 9.59 Å². The Bertz CT molecular complexity index is 1170. The Morgan fingerprint density at radius 3 is 2.41 bits per heavy atom. The first-order chi connectivity index (χ1) is 12.6. The molecule has 0 aliphatic heterocycles. The molecule has 0 bridgehead atoms. The van der Waals surface area contributed by atoms with Crippen molar-refractivity contribution < 1.29 is 9.90 Å². The number of thiazole rings is 1. The summed E-state index contributed by atoms with van der Waals surface area (Å²) < 4.78 is 2.66. The van der Waals surface area contributed by atoms with Crippen LogP contribution < -0.4 is 11.2 Å². The summed E-state index contributed by atoms with van der Waals surface area (Å²) in [6.07, 6.45) is 0.170. The molecule has 0 amide bonds. The van der Waals surface area contributed by atoms with E-state index in [4.69, 9.17) is 23.2 Å². The standard InChI is InChI=1S/C16H15Cl2N3O4S2/c1-6(2)5-21-13-10(12(22)20(3)16(21)25)9(14(23)24)7(26-13)4-8-11(17)19-15(18)27-8/h6H,4-5H2,1-3H3,(H,23,24). The molecule has 1 N–H and O–H groups in total. The monoisotopic (exact) mass is 447 g/mol. The van der Waals surface area contributed by atoms with Crippen molar-refractivity contribution in [2.75, 3.05) is 0 Å². The van der Waals surface area contributed by atoms with Crippen LogP contribution in [0.5, 0.6) is 0 Å². The summed E-state index contributed by atoms with van der Waals surface area (Å²) in [6, 6.07) is 0. The number of carboxylic acid groups (broad SMARTS) is 1. The Hall–Kier alpha value is -1.68. The number of halogens is 2. The van der Waals surface area contributed by atoms with E-state index in [1.807, 2.05) is 13.8 Å². The quantitative estimate of drug-likeness (QED) is 0.645. The van der Waals surface area contributed by atoms with Crippen LogP contribution in [0.25, 0.3) is 10.2 Å². The number of aromatic carboxylic acids is 1. The zero-order valence-electron chi connectivity index (χ0n) is 14.6. The predicted molar refractivity (Wildman–Crippen MR) is 108 cm³/mol. The van der Waals surface area contributed by atoms with Crippen LogP contribution >= 0.6 is 45.9 Å². The van der Waals surface area contributed by atoms with E-state index in [2.05, 4.69) is 4.98 Å². The lowest BCUT2D eigenvalue weighted by atomic mass is 10.1. The molecule has 0 saturated heterocycles. The second kappa shape index (κ2) is 7.38. The van der Waals surface area contributed by atoms with E-state index in [9.17, 15) is 19.5 Å². The third-order valence-electron chi connectivity index (χ3n) is 3.95. The van der Waals surface area contributed by atoms with Gasteiger partial charge in [-0.25, -0.2) is 14.6 Å². The number of hydrogen-bond donors (Lipinski definition) is 1. The van der Waals surface area contributed by atoms with Crippen LogP contribution in [0.1, 0.15) is 34.0 Å². The minimum absolute atomic E-state index is 0.0389. The molecule has 0 aliphatic rings. The highest BCUT2D eigenvalue weighted by molar-refractivity contribution is 7.19. The smallest absolute Gasteiger partial charge is 0.337 e. The summed E-state index contributed by atoms with van der Waals surface area (Å²) in [5.74, 6) is -1.09. The van der Waals surface area contributed by atoms with E-state index in [1.165, 1.54) is 11.6 Å². The molecule has 0 fully saturated rings. The van der Waals surface area contributed by atoms with Crippen molar-refractivity contribution in [3.05, 3.63) is 45.8 Å². The van der Waals surface area contributed by atoms with Gasteiger partial charge in [0.1, 0.15) is 9.98 Å². The van der Waals surface area contributed by atoms with E-state index < -0.39 is 17.2 Å². The summed E-state index contributed by atoms with van der Waals surface area (Å²) in [6.45, 7) is 4.25. The van der Waals surface area contributed by atoms with Gasteiger partial charge in [0, 0.05) is 24.9 Å². The number of thiophene rings is 1. The Kier molecular flexibility index (Phi) is 5.49. The van der Waals surface area contributed by atoms with Crippen molar-refractivity contribution >= 4 is 62.1 Å². The molecule has 27 heavy (non-hydrogen) atoms. The van der Waals surface area contributed by atoms with E-state index in [1.54, 1.807) is 0 Å². The third-order valence-corrected chi connectivity index (χ3v) is 6.75. The summed E-state index contributed by atoms with van der Waals surface area (Å²) in [5, 5.41) is 10.0. The van der Waals surface area contributed by atoms with Gasteiger partial charge in [-0.2, -0.15) is 0 Å². The van der Waals surface area contributed by atoms with Gasteiger partial charge in [0.05, 0.1) is 15.8 Å². The SMILES string of the molecule is CC(C)Cn1c(=O)n(C)c(=O)c2c(C(=O)O)c(Cc3sc(Cl)nc3Cl)sc21. The molecule has 0 atom stereocenters. The lowest BCUT2D eigenvalue weighted by molar-refractivity contribution is 0.0698. The average molecular weight is 448 g/mol. The fourth-order valence-corrected chi connectivity index (χ4v) is 5.61. The molecule has 0 spiro atoms. The van der Waals surface area contributed by atoms with Crippen LogP contribution in [0.4, 0.5) is 0 Å². The van der Waals surface area contributed by atoms with Crippen molar-refractivity contribution in [1.29, 1.82) is 0 Å². The Labute approximate surface area is 171 Å². The van der Waals surface area contributed by atoms with Gasteiger partial charge in [0.15, 0.2) is 4.47 Å². The molecular formula is C16H15Cl2N3O4S2. The highest BCUT2D eigenvalue weighted by Crippen LogP contribution is 2.35. The third kappa shape index (κ3) is 3.56. The lowest BCUT2D eigenvalue weighted by Crippen LogP contribution is -2.38. The Balaban J connectivity index is 2.35. The molecular weight excluding hydrogens is 433 g/mol. The van der Waals surface area contributed by atoms with Gasteiger partial charge in [0.25, 0.3) is 5.56 Å². The Morgan fingerprint density at radius 2 is 1.89 bits per heavy atom. The molecule has 3 rings (SSSR count). The summed E-state index contributed by atoms with van der Waals surface area (Å²) in [4.78, 5) is 42.5. The van der Waals surface area contributed by atoms with Gasteiger partial charge in [-0.05, 0) is 5.92 Å². The van der Waals surface area contributed by atoms with Crippen molar-refractivity contribution in [3.63, 3.8) is 0 Å². The molecule has 3 aromatic heterocycles. The van der Waals surface area contributed by atoms with E-state index in [0.717, 1.165) is 27.2 Å². The second-order valence-corrected chi connectivity index (χ2v) is 9.50. The van der Waals surface area contributed by atoms with Gasteiger partial charge < -0.3 is 5.11 Å². The molecule has 0 unspecified atom stereocenters. The summed E-state index contributed by atoms with van der Waals surface area (Å²) in [5.41, 5.74) is -1.19. The molecule has 0 aliphatic carbocycles. The summed E-state index contributed by atoms with van der Waals surface area (Å²) >= 11 is 14.2. The van der Waals surface area contributed by atoms with Gasteiger partial charge in [0.2, 0.25) is 0 Å². The van der Waals surface area contributed by atoms with Crippen molar-refractivity contribution in [3.8, 4) is 0 Å². The van der Waals surface area contributed by atoms with Gasteiger partial charge in [-0.3, -0.25) is 13.9 Å². The number of nitrogens with zero attached hydrogens (tertiary/aromatic N) is 3. The minimum atomic E-state index is -1.23. The summed E-state index contributed by atoms with van der Waals surface area (Å²) in [7, 11) is 1.35. The van der Waals surface area contributed by atoms with Gasteiger partial charge in [-0.1, -0.05) is 37.0 Å². The zero-order chi connectivity index (χ0) is 20.0. The number of carbonyl (C=O) groups is 1. The molecule has 0 radical (unpaired) electrons. The van der Waals surface area contributed by atoms with Crippen molar-refractivity contribution in [2.24, 2.45) is 13.0 Å². The number of fused-ring (bicyclic) bond motifs is 1. The first kappa shape index (κ1) is 20.1. The number of rotatable bonds is 5. The lowest BCUT2D eigenvalue weighted by Gasteiger charge is -2.11. The van der Waals surface area contributed by atoms with E-state index in [-0.39, 0.29) is 32.9 Å². The van der Waals surface area contributed by atoms with Crippen molar-refractivity contribution in [2.45, 2.75) is 26.8 Å². The van der Waals surface area contributed by atoms with Gasteiger partial charge >= 0.3 is 11.7 Å². The highest BCUT2D eigenvalue weighted by Gasteiger charge is 2.26. The van der Waals surface area contributed by atoms with Crippen LogP contribution in [-0.2, 0) is 20.0 Å². The fourth-order valence-electron chi connectivity index (χ4n) is 2.81. The molecule has 0 saturated carbocycles. The van der Waals surface area contributed by atoms with E-state index in [0.29, 0.717) is 21.1 Å². The Morgan fingerprint density at radius 1 is 1.22 bits per heavy atom. The number of carboxylic acids is 1. The maximum Gasteiger partial charge on any atom is 0.337 e. The number of aromatic nitrogens is 3. The number of hydrogen-bond acceptors (Lipinski definition) is 6. The second-order valence-electron chi connectivity index (χ2n) is 6.39. The van der Waals surface area contributed by atoms with E-state index >= 15 is 0 Å². The molecule has 144 valence electrons. The highest BCUT2D eigenvalue weighted by atomic mass is 35.5. The van der Waals surface area contributed by atoms with Crippen LogP contribution in [0.3, 0.4) is 0 Å². The molecule has 3 heterocycles. The molecule has 11 heteroatoms. The van der Waals surface area contributed by atoms with Crippen LogP contribution in [0, 0.1) is 5.92 Å². The topological polar surface area (TPSA) is 94.2 Å². The first-order valence-corrected chi connectivity index (χ1v) is 10.3. The minimum Gasteiger partial charge on any atom is -0.478 e. The molecule has 3 aromatic rings. The van der Waals surface area contributed by atoms with Crippen LogP contribution in [0.2, 0.25) is 9.62 Å². The normalized spacial score (nSPS) is 11.6. The van der Waals surface area contributed by atoms with Crippen molar-refractivity contribution in [1.82, 2.24) is 14.1 Å². The average Bonchev–Trinajstić information content (AvgIpc) is 3.09. The molecule has 0 aromatic carbocycles. The van der Waals surface area contributed by atoms with Crippen LogP contribution in [-0.4, -0.2) is 25.2 Å². The zero-order valence-corrected chi connectivity index (χ0v) is 17.7. The first-order valence-electron chi connectivity index (χ1n) is 7.91. The predicted octanol–water partition coefficient (Wildman–Crippen LogP) is 3.47. The molecule has 7 nitrogen and oxygen atoms in total. The fraction of sp³-hybridized carbons (Fsp3) is 0.375. The van der Waals surface area contributed by atoms with Gasteiger partial charge in [-0.15, -0.1) is 22.7 Å². The maximum atomic E-state index is 12.7. The largest absolute Gasteiger partial charge is 0.478 e.